The highest BCUT2D eigenvalue weighted by atomic mass is 16.5. The summed E-state index contributed by atoms with van der Waals surface area (Å²) in [5.41, 5.74) is 0.972. The molecule has 0 bridgehead atoms. The van der Waals surface area contributed by atoms with Crippen LogP contribution in [-0.2, 0) is 9.53 Å². The number of nitrogens with zero attached hydrogens (tertiary/aromatic N) is 4. The molecule has 2 saturated heterocycles. The van der Waals surface area contributed by atoms with Gasteiger partial charge < -0.3 is 9.64 Å². The fourth-order valence-corrected chi connectivity index (χ4v) is 3.48. The SMILES string of the molecule is Cc1nc([C@H]2CN([C@@H]3CCN(c4ccccc4)C3=O)CCO2)n[nH]1. The molecule has 0 aliphatic carbocycles. The zero-order valence-electron chi connectivity index (χ0n) is 13.7. The number of hydrogen-bond acceptors (Lipinski definition) is 5. The number of hydrogen-bond donors (Lipinski definition) is 1. The molecule has 1 N–H and O–H groups in total. The Morgan fingerprint density at radius 1 is 1.25 bits per heavy atom. The molecule has 0 saturated carbocycles. The maximum atomic E-state index is 12.9. The fourth-order valence-electron chi connectivity index (χ4n) is 3.48. The number of benzene rings is 1. The summed E-state index contributed by atoms with van der Waals surface area (Å²) in [7, 11) is 0. The van der Waals surface area contributed by atoms with Crippen LogP contribution in [0.15, 0.2) is 30.3 Å². The van der Waals surface area contributed by atoms with Gasteiger partial charge in [-0.05, 0) is 25.5 Å². The molecule has 2 fully saturated rings. The zero-order chi connectivity index (χ0) is 16.5. The van der Waals surface area contributed by atoms with E-state index in [1.54, 1.807) is 0 Å². The van der Waals surface area contributed by atoms with Crippen molar-refractivity contribution in [2.75, 3.05) is 31.1 Å². The van der Waals surface area contributed by atoms with Gasteiger partial charge in [-0.15, -0.1) is 0 Å². The number of aromatic amines is 1. The molecule has 3 heterocycles. The molecule has 126 valence electrons. The number of ether oxygens (including phenoxy) is 1. The molecule has 24 heavy (non-hydrogen) atoms. The molecule has 0 spiro atoms. The van der Waals surface area contributed by atoms with Crippen LogP contribution in [0.25, 0.3) is 0 Å². The molecule has 1 amide bonds. The van der Waals surface area contributed by atoms with E-state index in [0.717, 1.165) is 31.0 Å². The van der Waals surface area contributed by atoms with E-state index in [1.165, 1.54) is 0 Å². The number of anilines is 1. The van der Waals surface area contributed by atoms with Gasteiger partial charge in [-0.3, -0.25) is 14.8 Å². The Hall–Kier alpha value is -2.25. The first-order valence-electron chi connectivity index (χ1n) is 8.33. The number of H-pyrrole nitrogens is 1. The van der Waals surface area contributed by atoms with Gasteiger partial charge in [-0.2, -0.15) is 5.10 Å². The minimum Gasteiger partial charge on any atom is -0.367 e. The van der Waals surface area contributed by atoms with E-state index in [2.05, 4.69) is 20.1 Å². The molecular weight excluding hydrogens is 306 g/mol. The number of morpholine rings is 1. The maximum Gasteiger partial charge on any atom is 0.244 e. The number of para-hydroxylation sites is 1. The van der Waals surface area contributed by atoms with Crippen LogP contribution in [0.3, 0.4) is 0 Å². The van der Waals surface area contributed by atoms with Crippen LogP contribution in [0, 0.1) is 6.92 Å². The third-order valence-electron chi connectivity index (χ3n) is 4.69. The Balaban J connectivity index is 1.47. The Morgan fingerprint density at radius 3 is 2.83 bits per heavy atom. The predicted octanol–water partition coefficient (Wildman–Crippen LogP) is 1.29. The molecule has 0 unspecified atom stereocenters. The van der Waals surface area contributed by atoms with Gasteiger partial charge in [0.2, 0.25) is 5.91 Å². The van der Waals surface area contributed by atoms with Crippen molar-refractivity contribution in [2.45, 2.75) is 25.5 Å². The van der Waals surface area contributed by atoms with Gasteiger partial charge in [0, 0.05) is 25.3 Å². The topological polar surface area (TPSA) is 74.3 Å². The summed E-state index contributed by atoms with van der Waals surface area (Å²) in [6, 6.07) is 9.78. The highest BCUT2D eigenvalue weighted by molar-refractivity contribution is 5.99. The second kappa shape index (κ2) is 6.33. The normalized spacial score (nSPS) is 25.4. The lowest BCUT2D eigenvalue weighted by atomic mass is 10.1. The molecule has 2 aromatic rings. The minimum absolute atomic E-state index is 0.0864. The van der Waals surface area contributed by atoms with Crippen molar-refractivity contribution < 1.29 is 9.53 Å². The van der Waals surface area contributed by atoms with Crippen molar-refractivity contribution >= 4 is 11.6 Å². The van der Waals surface area contributed by atoms with Gasteiger partial charge in [0.15, 0.2) is 5.82 Å². The first kappa shape index (κ1) is 15.3. The number of aryl methyl sites for hydroxylation is 1. The van der Waals surface area contributed by atoms with Crippen LogP contribution in [0.1, 0.15) is 24.2 Å². The lowest BCUT2D eigenvalue weighted by Crippen LogP contribution is -2.48. The quantitative estimate of drug-likeness (QED) is 0.919. The molecule has 4 rings (SSSR count). The summed E-state index contributed by atoms with van der Waals surface area (Å²) in [5, 5.41) is 7.05. The summed E-state index contributed by atoms with van der Waals surface area (Å²) in [6.45, 7) is 4.63. The third-order valence-corrected chi connectivity index (χ3v) is 4.69. The largest absolute Gasteiger partial charge is 0.367 e. The fraction of sp³-hybridized carbons (Fsp3) is 0.471. The van der Waals surface area contributed by atoms with Crippen LogP contribution in [0.5, 0.6) is 0 Å². The van der Waals surface area contributed by atoms with Crippen molar-refractivity contribution in [3.63, 3.8) is 0 Å². The molecule has 0 radical (unpaired) electrons. The molecule has 2 aliphatic rings. The van der Waals surface area contributed by atoms with Gasteiger partial charge in [0.05, 0.1) is 12.6 Å². The van der Waals surface area contributed by atoms with E-state index in [9.17, 15) is 4.79 Å². The molecular formula is C17H21N5O2. The number of amides is 1. The van der Waals surface area contributed by atoms with Gasteiger partial charge >= 0.3 is 0 Å². The molecule has 2 aliphatic heterocycles. The first-order valence-corrected chi connectivity index (χ1v) is 8.33. The second-order valence-corrected chi connectivity index (χ2v) is 6.26. The molecule has 7 nitrogen and oxygen atoms in total. The molecule has 1 aromatic carbocycles. The first-order chi connectivity index (χ1) is 11.7. The Bertz CT molecular complexity index is 717. The summed E-state index contributed by atoms with van der Waals surface area (Å²) in [4.78, 5) is 21.3. The Morgan fingerprint density at radius 2 is 2.08 bits per heavy atom. The average Bonchev–Trinajstić information content (AvgIpc) is 3.22. The predicted molar refractivity (Wildman–Crippen MR) is 88.6 cm³/mol. The van der Waals surface area contributed by atoms with Gasteiger partial charge in [0.1, 0.15) is 11.9 Å². The monoisotopic (exact) mass is 327 g/mol. The summed E-state index contributed by atoms with van der Waals surface area (Å²) < 4.78 is 5.80. The molecule has 1 aromatic heterocycles. The highest BCUT2D eigenvalue weighted by Crippen LogP contribution is 2.27. The van der Waals surface area contributed by atoms with Crippen molar-refractivity contribution in [1.29, 1.82) is 0 Å². The second-order valence-electron chi connectivity index (χ2n) is 6.26. The molecule has 7 heteroatoms. The third kappa shape index (κ3) is 2.81. The van der Waals surface area contributed by atoms with Gasteiger partial charge in [0.25, 0.3) is 0 Å². The number of rotatable bonds is 3. The highest BCUT2D eigenvalue weighted by Gasteiger charge is 2.39. The van der Waals surface area contributed by atoms with Gasteiger partial charge in [-0.1, -0.05) is 18.2 Å². The molecule has 2 atom stereocenters. The van der Waals surface area contributed by atoms with E-state index < -0.39 is 0 Å². The van der Waals surface area contributed by atoms with Crippen LogP contribution in [0.4, 0.5) is 5.69 Å². The van der Waals surface area contributed by atoms with E-state index in [1.807, 2.05) is 42.2 Å². The minimum atomic E-state index is -0.178. The maximum absolute atomic E-state index is 12.9. The van der Waals surface area contributed by atoms with E-state index in [4.69, 9.17) is 4.74 Å². The number of nitrogens with one attached hydrogen (secondary N) is 1. The van der Waals surface area contributed by atoms with Crippen LogP contribution in [-0.4, -0.2) is 58.3 Å². The van der Waals surface area contributed by atoms with Crippen LogP contribution < -0.4 is 4.90 Å². The van der Waals surface area contributed by atoms with Crippen LogP contribution in [0.2, 0.25) is 0 Å². The summed E-state index contributed by atoms with van der Waals surface area (Å²) in [5.74, 6) is 1.62. The van der Waals surface area contributed by atoms with E-state index >= 15 is 0 Å². The smallest absolute Gasteiger partial charge is 0.244 e. The van der Waals surface area contributed by atoms with Crippen molar-refractivity contribution in [2.24, 2.45) is 0 Å². The van der Waals surface area contributed by atoms with Crippen molar-refractivity contribution in [1.82, 2.24) is 20.1 Å². The summed E-state index contributed by atoms with van der Waals surface area (Å²) >= 11 is 0. The Labute approximate surface area is 140 Å². The van der Waals surface area contributed by atoms with Crippen molar-refractivity contribution in [3.05, 3.63) is 42.0 Å². The standard InChI is InChI=1S/C17H21N5O2/c1-12-18-16(20-19-12)15-11-21(9-10-24-15)14-7-8-22(17(14)23)13-5-3-2-4-6-13/h2-6,14-15H,7-11H2,1H3,(H,18,19,20)/t14-,15-/m1/s1. The van der Waals surface area contributed by atoms with Crippen molar-refractivity contribution in [3.8, 4) is 0 Å². The number of aromatic nitrogens is 3. The number of carbonyl (C=O) groups excluding carboxylic acids is 1. The number of carbonyl (C=O) groups is 1. The van der Waals surface area contributed by atoms with Crippen LogP contribution >= 0.6 is 0 Å². The van der Waals surface area contributed by atoms with E-state index in [0.29, 0.717) is 19.0 Å². The van der Waals surface area contributed by atoms with E-state index in [-0.39, 0.29) is 18.1 Å². The Kier molecular flexibility index (Phi) is 4.03. The average molecular weight is 327 g/mol. The lowest BCUT2D eigenvalue weighted by Gasteiger charge is -2.34. The lowest BCUT2D eigenvalue weighted by molar-refractivity contribution is -0.125. The van der Waals surface area contributed by atoms with Gasteiger partial charge in [-0.25, -0.2) is 4.98 Å². The summed E-state index contributed by atoms with van der Waals surface area (Å²) in [6.07, 6.45) is 0.662. The zero-order valence-corrected chi connectivity index (χ0v) is 13.7.